The molecular weight excluding hydrogens is 334 g/mol. The minimum Gasteiger partial charge on any atom is -0.353 e. The van der Waals surface area contributed by atoms with Gasteiger partial charge < -0.3 is 19.6 Å². The molecule has 0 unspecified atom stereocenters. The van der Waals surface area contributed by atoms with Crippen LogP contribution in [0.15, 0.2) is 18.5 Å². The van der Waals surface area contributed by atoms with Crippen molar-refractivity contribution in [1.29, 1.82) is 0 Å². The van der Waals surface area contributed by atoms with Crippen LogP contribution < -0.4 is 14.7 Å². The average molecular weight is 360 g/mol. The molecule has 0 aromatic carbocycles. The molecule has 2 aliphatic heterocycles. The fourth-order valence-corrected chi connectivity index (χ4v) is 4.10. The Balaban J connectivity index is 1.40. The zero-order chi connectivity index (χ0) is 17.2. The second kappa shape index (κ2) is 7.13. The molecule has 0 saturated carbocycles. The van der Waals surface area contributed by atoms with Crippen molar-refractivity contribution < 1.29 is 0 Å². The molecule has 0 N–H and O–H groups in total. The summed E-state index contributed by atoms with van der Waals surface area (Å²) in [6.45, 7) is 10.2. The van der Waals surface area contributed by atoms with E-state index in [0.717, 1.165) is 69.3 Å². The highest BCUT2D eigenvalue weighted by molar-refractivity contribution is 7.15. The molecular formula is C17H25N7S. The van der Waals surface area contributed by atoms with Crippen LogP contribution in [0.1, 0.15) is 4.88 Å². The van der Waals surface area contributed by atoms with Crippen LogP contribution in [0, 0.1) is 6.92 Å². The molecule has 0 amide bonds. The largest absolute Gasteiger partial charge is 0.353 e. The number of nitrogens with zero attached hydrogens (tertiary/aromatic N) is 7. The van der Waals surface area contributed by atoms with Gasteiger partial charge in [0.05, 0.1) is 0 Å². The van der Waals surface area contributed by atoms with Crippen molar-refractivity contribution in [2.24, 2.45) is 0 Å². The van der Waals surface area contributed by atoms with Gasteiger partial charge in [0, 0.05) is 69.6 Å². The molecule has 4 heterocycles. The number of likely N-dealkylation sites (N-methyl/N-ethyl adjacent to an activating group) is 1. The molecule has 0 spiro atoms. The first kappa shape index (κ1) is 16.5. The molecule has 0 bridgehead atoms. The Bertz CT molecular complexity index is 703. The van der Waals surface area contributed by atoms with Crippen molar-refractivity contribution in [3.05, 3.63) is 23.3 Å². The predicted octanol–water partition coefficient (Wildman–Crippen LogP) is 1.32. The maximum Gasteiger partial charge on any atom is 0.227 e. The summed E-state index contributed by atoms with van der Waals surface area (Å²) < 4.78 is 0. The molecule has 2 aromatic heterocycles. The lowest BCUT2D eigenvalue weighted by molar-refractivity contribution is 0.311. The first-order chi connectivity index (χ1) is 12.2. The van der Waals surface area contributed by atoms with Crippen LogP contribution in [0.5, 0.6) is 0 Å². The smallest absolute Gasteiger partial charge is 0.227 e. The van der Waals surface area contributed by atoms with Gasteiger partial charge in [-0.25, -0.2) is 9.97 Å². The highest BCUT2D eigenvalue weighted by atomic mass is 32.1. The topological polar surface area (TPSA) is 51.6 Å². The van der Waals surface area contributed by atoms with Crippen LogP contribution in [0.2, 0.25) is 0 Å². The summed E-state index contributed by atoms with van der Waals surface area (Å²) in [5.74, 6) is 1.91. The van der Waals surface area contributed by atoms with E-state index in [2.05, 4.69) is 43.5 Å². The second-order valence-electron chi connectivity index (χ2n) is 6.73. The van der Waals surface area contributed by atoms with E-state index >= 15 is 0 Å². The van der Waals surface area contributed by atoms with E-state index < -0.39 is 0 Å². The number of piperazine rings is 2. The monoisotopic (exact) mass is 359 g/mol. The van der Waals surface area contributed by atoms with Gasteiger partial charge in [-0.1, -0.05) is 0 Å². The second-order valence-corrected chi connectivity index (χ2v) is 7.95. The molecule has 0 atom stereocenters. The van der Waals surface area contributed by atoms with Crippen molar-refractivity contribution in [1.82, 2.24) is 19.9 Å². The van der Waals surface area contributed by atoms with E-state index in [1.54, 1.807) is 11.3 Å². The summed E-state index contributed by atoms with van der Waals surface area (Å²) in [4.78, 5) is 24.5. The molecule has 2 saturated heterocycles. The number of thiazole rings is 1. The van der Waals surface area contributed by atoms with Gasteiger partial charge in [0.15, 0.2) is 5.13 Å². The van der Waals surface area contributed by atoms with Crippen molar-refractivity contribution >= 4 is 28.2 Å². The maximum atomic E-state index is 4.84. The van der Waals surface area contributed by atoms with Gasteiger partial charge in [0.25, 0.3) is 0 Å². The Kier molecular flexibility index (Phi) is 4.72. The van der Waals surface area contributed by atoms with Crippen LogP contribution in [0.25, 0.3) is 0 Å². The van der Waals surface area contributed by atoms with E-state index in [1.807, 2.05) is 18.5 Å². The summed E-state index contributed by atoms with van der Waals surface area (Å²) in [7, 11) is 2.16. The Hall–Kier alpha value is -1.93. The van der Waals surface area contributed by atoms with Crippen molar-refractivity contribution in [3.8, 4) is 0 Å². The fraction of sp³-hybridized carbons (Fsp3) is 0.588. The van der Waals surface area contributed by atoms with Crippen LogP contribution in [-0.2, 0) is 0 Å². The summed E-state index contributed by atoms with van der Waals surface area (Å²) in [5.41, 5.74) is 0. The Labute approximate surface area is 152 Å². The average Bonchev–Trinajstić information content (AvgIpc) is 3.09. The van der Waals surface area contributed by atoms with E-state index in [9.17, 15) is 0 Å². The lowest BCUT2D eigenvalue weighted by Gasteiger charge is -2.36. The minimum atomic E-state index is 0.864. The van der Waals surface area contributed by atoms with E-state index in [-0.39, 0.29) is 0 Å². The standard InChI is InChI=1S/C17H25N7S/c1-14-13-19-17(25-14)24-11-9-22(10-12-24)15-3-4-18-16(20-15)23-7-5-21(2)6-8-23/h3-4,13H,5-12H2,1-2H3. The molecule has 8 heteroatoms. The molecule has 7 nitrogen and oxygen atoms in total. The summed E-state index contributed by atoms with van der Waals surface area (Å²) in [6.07, 6.45) is 3.85. The van der Waals surface area contributed by atoms with Crippen LogP contribution in [-0.4, -0.2) is 79.3 Å². The number of hydrogen-bond donors (Lipinski definition) is 0. The van der Waals surface area contributed by atoms with Crippen molar-refractivity contribution in [3.63, 3.8) is 0 Å². The van der Waals surface area contributed by atoms with Crippen LogP contribution in [0.4, 0.5) is 16.9 Å². The van der Waals surface area contributed by atoms with E-state index in [0.29, 0.717) is 0 Å². The van der Waals surface area contributed by atoms with Gasteiger partial charge in [-0.15, -0.1) is 11.3 Å². The third kappa shape index (κ3) is 3.69. The normalized spacial score (nSPS) is 19.5. The quantitative estimate of drug-likeness (QED) is 0.819. The summed E-state index contributed by atoms with van der Waals surface area (Å²) >= 11 is 1.77. The third-order valence-electron chi connectivity index (χ3n) is 4.90. The zero-order valence-electron chi connectivity index (χ0n) is 14.9. The van der Waals surface area contributed by atoms with Crippen LogP contribution >= 0.6 is 11.3 Å². The molecule has 2 aliphatic rings. The maximum absolute atomic E-state index is 4.84. The van der Waals surface area contributed by atoms with Crippen molar-refractivity contribution in [2.75, 3.05) is 74.1 Å². The van der Waals surface area contributed by atoms with Crippen molar-refractivity contribution in [2.45, 2.75) is 6.92 Å². The summed E-state index contributed by atoms with van der Waals surface area (Å²) in [6, 6.07) is 2.03. The van der Waals surface area contributed by atoms with Gasteiger partial charge in [-0.2, -0.15) is 4.98 Å². The first-order valence-electron chi connectivity index (χ1n) is 8.88. The SMILES string of the molecule is Cc1cnc(N2CCN(c3ccnc(N4CCN(C)CC4)n3)CC2)s1. The van der Waals surface area contributed by atoms with Gasteiger partial charge in [0.1, 0.15) is 5.82 Å². The van der Waals surface area contributed by atoms with Gasteiger partial charge in [-0.3, -0.25) is 0 Å². The third-order valence-corrected chi connectivity index (χ3v) is 5.87. The van der Waals surface area contributed by atoms with Gasteiger partial charge >= 0.3 is 0 Å². The van der Waals surface area contributed by atoms with Crippen LogP contribution in [0.3, 0.4) is 0 Å². The lowest BCUT2D eigenvalue weighted by Crippen LogP contribution is -2.47. The van der Waals surface area contributed by atoms with Gasteiger partial charge in [-0.05, 0) is 20.0 Å². The Morgan fingerprint density at radius 3 is 2.24 bits per heavy atom. The molecule has 0 aliphatic carbocycles. The summed E-state index contributed by atoms with van der Waals surface area (Å²) in [5, 5.41) is 1.14. The Morgan fingerprint density at radius 1 is 0.880 bits per heavy atom. The number of rotatable bonds is 3. The Morgan fingerprint density at radius 2 is 1.56 bits per heavy atom. The number of hydrogen-bond acceptors (Lipinski definition) is 8. The first-order valence-corrected chi connectivity index (χ1v) is 9.69. The fourth-order valence-electron chi connectivity index (χ4n) is 3.29. The molecule has 4 rings (SSSR count). The lowest BCUT2D eigenvalue weighted by atomic mass is 10.3. The zero-order valence-corrected chi connectivity index (χ0v) is 15.7. The van der Waals surface area contributed by atoms with Gasteiger partial charge in [0.2, 0.25) is 5.95 Å². The highest BCUT2D eigenvalue weighted by Crippen LogP contribution is 2.24. The molecule has 134 valence electrons. The number of aromatic nitrogens is 3. The van der Waals surface area contributed by atoms with E-state index in [4.69, 9.17) is 4.98 Å². The molecule has 2 aromatic rings. The number of anilines is 3. The highest BCUT2D eigenvalue weighted by Gasteiger charge is 2.22. The number of aryl methyl sites for hydroxylation is 1. The molecule has 2 fully saturated rings. The molecule has 25 heavy (non-hydrogen) atoms. The molecule has 0 radical (unpaired) electrons. The predicted molar refractivity (Wildman–Crippen MR) is 103 cm³/mol. The van der Waals surface area contributed by atoms with E-state index in [1.165, 1.54) is 4.88 Å². The minimum absolute atomic E-state index is 0.864.